The lowest BCUT2D eigenvalue weighted by Crippen LogP contribution is -2.07. The fourth-order valence-corrected chi connectivity index (χ4v) is 4.44. The van der Waals surface area contributed by atoms with Gasteiger partial charge in [0.25, 0.3) is 0 Å². The summed E-state index contributed by atoms with van der Waals surface area (Å²) in [7, 11) is 0. The first kappa shape index (κ1) is 33.3. The molecular weight excluding hydrogens is 648 g/mol. The highest BCUT2D eigenvalue weighted by Crippen LogP contribution is 2.37. The van der Waals surface area contributed by atoms with E-state index in [1.54, 1.807) is 60.7 Å². The molecule has 6 rings (SSSR count). The van der Waals surface area contributed by atoms with E-state index in [2.05, 4.69) is 30.4 Å². The molecule has 0 saturated carbocycles. The lowest BCUT2D eigenvalue weighted by Gasteiger charge is -2.11. The molecule has 6 aromatic rings. The molecule has 0 fully saturated rings. The number of aromatic nitrogens is 6. The minimum absolute atomic E-state index is 0.0143. The quantitative estimate of drug-likeness (QED) is 0.182. The van der Waals surface area contributed by atoms with E-state index in [0.29, 0.717) is 23.3 Å². The number of benzene rings is 4. The number of nitrogen functional groups attached to an aromatic ring is 2. The van der Waals surface area contributed by atoms with Crippen LogP contribution in [-0.2, 0) is 12.4 Å². The van der Waals surface area contributed by atoms with E-state index in [9.17, 15) is 35.1 Å². The third kappa shape index (κ3) is 7.83. The molecule has 4 N–H and O–H groups in total. The normalized spacial score (nSPS) is 11.5. The second kappa shape index (κ2) is 13.4. The molecule has 0 unspecified atom stereocenters. The Labute approximate surface area is 266 Å². The van der Waals surface area contributed by atoms with Crippen molar-refractivity contribution in [3.8, 4) is 45.0 Å². The molecule has 48 heavy (non-hydrogen) atoms. The van der Waals surface area contributed by atoms with Crippen LogP contribution in [0.4, 0.5) is 47.0 Å². The maximum Gasteiger partial charge on any atom is 0.416 e. The number of hydrogen-bond donors (Lipinski definition) is 2. The van der Waals surface area contributed by atoms with E-state index >= 15 is 0 Å². The maximum atomic E-state index is 13.7. The van der Waals surface area contributed by atoms with Crippen LogP contribution in [0.15, 0.2) is 97.1 Å². The number of anilines is 2. The fraction of sp³-hybridized carbons (Fsp3) is 0.0625. The smallest absolute Gasteiger partial charge is 0.366 e. The first-order valence-electron chi connectivity index (χ1n) is 13.6. The van der Waals surface area contributed by atoms with Gasteiger partial charge in [0.05, 0.1) is 11.1 Å². The molecule has 2 heterocycles. The standard InChI is InChI=1S/2C16H10F4N4/c2*17-12-7-10(6-11(8-12)16(18,19)20)14-13(22-15(21)24-23-14)9-4-2-1-3-5-9/h2*1-8H,(H2,21,22,24). The Bertz CT molecular complexity index is 1910. The van der Waals surface area contributed by atoms with Gasteiger partial charge in [0.2, 0.25) is 11.9 Å². The summed E-state index contributed by atoms with van der Waals surface area (Å²) >= 11 is 0. The van der Waals surface area contributed by atoms with E-state index in [0.717, 1.165) is 24.3 Å². The molecular formula is C32H20F8N8. The average molecular weight is 669 g/mol. The van der Waals surface area contributed by atoms with Crippen molar-refractivity contribution < 1.29 is 35.1 Å². The zero-order valence-electron chi connectivity index (χ0n) is 24.1. The van der Waals surface area contributed by atoms with Crippen LogP contribution in [0.3, 0.4) is 0 Å². The van der Waals surface area contributed by atoms with Gasteiger partial charge in [-0.15, -0.1) is 20.4 Å². The molecule has 0 aliphatic heterocycles. The molecule has 0 atom stereocenters. The van der Waals surface area contributed by atoms with Crippen molar-refractivity contribution in [2.75, 3.05) is 11.5 Å². The minimum Gasteiger partial charge on any atom is -0.366 e. The topological polar surface area (TPSA) is 129 Å². The molecule has 0 aliphatic rings. The van der Waals surface area contributed by atoms with Crippen LogP contribution in [0, 0.1) is 11.6 Å². The highest BCUT2D eigenvalue weighted by Gasteiger charge is 2.33. The summed E-state index contributed by atoms with van der Waals surface area (Å²) in [5.41, 5.74) is 10.3. The van der Waals surface area contributed by atoms with E-state index in [1.807, 2.05) is 0 Å². The summed E-state index contributed by atoms with van der Waals surface area (Å²) in [6.07, 6.45) is -9.36. The summed E-state index contributed by atoms with van der Waals surface area (Å²) in [5, 5.41) is 14.8. The maximum absolute atomic E-state index is 13.7. The number of nitrogens with zero attached hydrogens (tertiary/aromatic N) is 6. The van der Waals surface area contributed by atoms with E-state index in [4.69, 9.17) is 11.5 Å². The third-order valence-corrected chi connectivity index (χ3v) is 6.50. The van der Waals surface area contributed by atoms with Gasteiger partial charge in [0.15, 0.2) is 0 Å². The van der Waals surface area contributed by atoms with Crippen molar-refractivity contribution in [3.63, 3.8) is 0 Å². The predicted molar refractivity (Wildman–Crippen MR) is 160 cm³/mol. The molecule has 0 radical (unpaired) electrons. The molecule has 2 aromatic heterocycles. The molecule has 16 heteroatoms. The van der Waals surface area contributed by atoms with Crippen molar-refractivity contribution in [2.45, 2.75) is 12.4 Å². The molecule has 8 nitrogen and oxygen atoms in total. The lowest BCUT2D eigenvalue weighted by atomic mass is 10.0. The van der Waals surface area contributed by atoms with E-state index < -0.39 is 35.1 Å². The Balaban J connectivity index is 0.000000188. The fourth-order valence-electron chi connectivity index (χ4n) is 4.44. The SMILES string of the molecule is Nc1nnc(-c2cc(F)cc(C(F)(F)F)c2)c(-c2ccccc2)n1.Nc1nnc(-c2cc(F)cc(C(F)(F)F)c2)c(-c2ccccc2)n1. The zero-order valence-corrected chi connectivity index (χ0v) is 24.1. The monoisotopic (exact) mass is 668 g/mol. The first-order valence-corrected chi connectivity index (χ1v) is 13.6. The van der Waals surface area contributed by atoms with Crippen LogP contribution in [0.2, 0.25) is 0 Å². The van der Waals surface area contributed by atoms with E-state index in [-0.39, 0.29) is 45.8 Å². The molecule has 0 saturated heterocycles. The summed E-state index contributed by atoms with van der Waals surface area (Å²) in [5.74, 6) is -2.33. The Morgan fingerprint density at radius 2 is 0.771 bits per heavy atom. The molecule has 0 spiro atoms. The number of rotatable bonds is 4. The molecule has 0 aliphatic carbocycles. The van der Waals surface area contributed by atoms with Gasteiger partial charge in [-0.3, -0.25) is 0 Å². The van der Waals surface area contributed by atoms with Crippen LogP contribution in [0.25, 0.3) is 45.0 Å². The molecule has 0 amide bonds. The van der Waals surface area contributed by atoms with Crippen LogP contribution >= 0.6 is 0 Å². The number of nitrogens with two attached hydrogens (primary N) is 2. The van der Waals surface area contributed by atoms with Gasteiger partial charge in [-0.25, -0.2) is 18.7 Å². The Hall–Kier alpha value is -6.06. The van der Waals surface area contributed by atoms with Gasteiger partial charge in [-0.2, -0.15) is 26.3 Å². The van der Waals surface area contributed by atoms with Gasteiger partial charge in [-0.05, 0) is 36.4 Å². The number of alkyl halides is 6. The Morgan fingerprint density at radius 1 is 0.417 bits per heavy atom. The van der Waals surface area contributed by atoms with Crippen LogP contribution in [-0.4, -0.2) is 30.4 Å². The van der Waals surface area contributed by atoms with Gasteiger partial charge in [0, 0.05) is 22.3 Å². The minimum atomic E-state index is -4.68. The molecule has 244 valence electrons. The van der Waals surface area contributed by atoms with Crippen molar-refractivity contribution in [2.24, 2.45) is 0 Å². The first-order chi connectivity index (χ1) is 22.7. The van der Waals surface area contributed by atoms with Gasteiger partial charge in [-0.1, -0.05) is 60.7 Å². The van der Waals surface area contributed by atoms with Crippen molar-refractivity contribution in [1.82, 2.24) is 30.4 Å². The second-order valence-corrected chi connectivity index (χ2v) is 9.92. The van der Waals surface area contributed by atoms with Crippen LogP contribution in [0.5, 0.6) is 0 Å². The Morgan fingerprint density at radius 3 is 1.10 bits per heavy atom. The zero-order chi connectivity index (χ0) is 34.6. The summed E-state index contributed by atoms with van der Waals surface area (Å²) in [4.78, 5) is 8.08. The lowest BCUT2D eigenvalue weighted by molar-refractivity contribution is -0.138. The number of halogens is 8. The van der Waals surface area contributed by atoms with Crippen molar-refractivity contribution in [3.05, 3.63) is 120 Å². The van der Waals surface area contributed by atoms with Gasteiger partial charge >= 0.3 is 12.4 Å². The van der Waals surface area contributed by atoms with Crippen LogP contribution < -0.4 is 11.5 Å². The molecule has 4 aromatic carbocycles. The highest BCUT2D eigenvalue weighted by atomic mass is 19.4. The largest absolute Gasteiger partial charge is 0.416 e. The summed E-state index contributed by atoms with van der Waals surface area (Å²) < 4.78 is 105. The van der Waals surface area contributed by atoms with Crippen LogP contribution in [0.1, 0.15) is 11.1 Å². The summed E-state index contributed by atoms with van der Waals surface area (Å²) in [6, 6.07) is 21.6. The van der Waals surface area contributed by atoms with Crippen molar-refractivity contribution >= 4 is 11.9 Å². The number of hydrogen-bond acceptors (Lipinski definition) is 8. The Kier molecular flexibility index (Phi) is 9.26. The summed E-state index contributed by atoms with van der Waals surface area (Å²) in [6.45, 7) is 0. The van der Waals surface area contributed by atoms with Gasteiger partial charge < -0.3 is 11.5 Å². The predicted octanol–water partition coefficient (Wildman–Crippen LogP) is 7.89. The average Bonchev–Trinajstić information content (AvgIpc) is 3.04. The second-order valence-electron chi connectivity index (χ2n) is 9.92. The van der Waals surface area contributed by atoms with Crippen molar-refractivity contribution in [1.29, 1.82) is 0 Å². The third-order valence-electron chi connectivity index (χ3n) is 6.50. The van der Waals surface area contributed by atoms with Gasteiger partial charge in [0.1, 0.15) is 34.4 Å². The highest BCUT2D eigenvalue weighted by molar-refractivity contribution is 5.79. The van der Waals surface area contributed by atoms with E-state index in [1.165, 1.54) is 0 Å². The molecule has 0 bridgehead atoms.